The molecule has 0 radical (unpaired) electrons. The van der Waals surface area contributed by atoms with Crippen LogP contribution in [0.25, 0.3) is 22.7 Å². The molecule has 3 aromatic rings. The van der Waals surface area contributed by atoms with Crippen LogP contribution in [0.3, 0.4) is 0 Å². The maximum atomic E-state index is 12.7. The Kier molecular flexibility index (Phi) is 4.22. The van der Waals surface area contributed by atoms with Gasteiger partial charge in [-0.05, 0) is 25.1 Å². The number of benzene rings is 1. The van der Waals surface area contributed by atoms with E-state index in [-0.39, 0.29) is 28.4 Å². The number of hydrogen-bond donors (Lipinski definition) is 2. The summed E-state index contributed by atoms with van der Waals surface area (Å²) >= 11 is 0. The topological polar surface area (TPSA) is 123 Å². The molecule has 0 amide bonds. The summed E-state index contributed by atoms with van der Waals surface area (Å²) in [6.45, 7) is 1.35. The fourth-order valence-corrected chi connectivity index (χ4v) is 2.37. The van der Waals surface area contributed by atoms with E-state index in [1.165, 1.54) is 6.92 Å². The lowest BCUT2D eigenvalue weighted by molar-refractivity contribution is -0.385. The Bertz CT molecular complexity index is 1050. The number of rotatable bonds is 3. The van der Waals surface area contributed by atoms with Crippen molar-refractivity contribution in [1.82, 2.24) is 9.97 Å². The van der Waals surface area contributed by atoms with Gasteiger partial charge < -0.3 is 14.6 Å². The van der Waals surface area contributed by atoms with Crippen molar-refractivity contribution in [1.29, 1.82) is 0 Å². The van der Waals surface area contributed by atoms with E-state index in [0.29, 0.717) is 0 Å². The quantitative estimate of drug-likeness (QED) is 0.399. The number of nitrogens with zero attached hydrogens (tertiary/aromatic N) is 3. The number of phenols is 2. The normalized spacial score (nSPS) is 11.6. The molecule has 8 nitrogen and oxygen atoms in total. The van der Waals surface area contributed by atoms with Crippen LogP contribution in [-0.2, 0) is 6.18 Å². The molecule has 0 aliphatic carbocycles. The number of aromatic hydroxyl groups is 2. The second-order valence-electron chi connectivity index (χ2n) is 5.49. The van der Waals surface area contributed by atoms with E-state index in [1.807, 2.05) is 0 Å². The summed E-state index contributed by atoms with van der Waals surface area (Å²) in [4.78, 5) is 17.6. The molecule has 2 N–H and O–H groups in total. The number of phenolic OH excluding ortho intramolecular Hbond substituents is 2. The van der Waals surface area contributed by atoms with Gasteiger partial charge in [-0.15, -0.1) is 0 Å². The first-order chi connectivity index (χ1) is 12.6. The second-order valence-corrected chi connectivity index (χ2v) is 5.49. The van der Waals surface area contributed by atoms with Crippen LogP contribution in [0.5, 0.6) is 11.5 Å². The van der Waals surface area contributed by atoms with E-state index in [9.17, 15) is 33.5 Å². The fourth-order valence-electron chi connectivity index (χ4n) is 2.37. The summed E-state index contributed by atoms with van der Waals surface area (Å²) < 4.78 is 43.3. The van der Waals surface area contributed by atoms with Gasteiger partial charge in [0.15, 0.2) is 5.75 Å². The fraction of sp³-hybridized carbons (Fsp3) is 0.125. The smallest absolute Gasteiger partial charge is 0.433 e. The van der Waals surface area contributed by atoms with E-state index >= 15 is 0 Å². The lowest BCUT2D eigenvalue weighted by Crippen LogP contribution is -2.08. The SMILES string of the molecule is Cc1nc(C(F)(F)F)ccc1-c1nc(-c2cc(O)c(O)c([N+](=O)[O-])c2)co1. The standard InChI is InChI=1S/C16H10F3N3O5/c1-7-9(2-3-13(20-7)16(17,18)19)15-21-10(6-27-15)8-4-11(22(25)26)14(24)12(23)5-8/h2-6,23-24H,1H3. The first kappa shape index (κ1) is 18.2. The maximum Gasteiger partial charge on any atom is 0.433 e. The summed E-state index contributed by atoms with van der Waals surface area (Å²) in [6, 6.07) is 3.96. The van der Waals surface area contributed by atoms with Crippen molar-refractivity contribution in [2.75, 3.05) is 0 Å². The van der Waals surface area contributed by atoms with Crippen molar-refractivity contribution in [2.45, 2.75) is 13.1 Å². The van der Waals surface area contributed by atoms with Crippen LogP contribution in [0.4, 0.5) is 18.9 Å². The number of pyridine rings is 1. The summed E-state index contributed by atoms with van der Waals surface area (Å²) in [5, 5.41) is 30.1. The molecule has 2 heterocycles. The van der Waals surface area contributed by atoms with Gasteiger partial charge >= 0.3 is 11.9 Å². The molecule has 2 aromatic heterocycles. The number of nitro groups is 1. The van der Waals surface area contributed by atoms with Gasteiger partial charge in [-0.2, -0.15) is 13.2 Å². The van der Waals surface area contributed by atoms with E-state index < -0.39 is 34.0 Å². The van der Waals surface area contributed by atoms with Crippen LogP contribution in [0.2, 0.25) is 0 Å². The molecule has 1 aromatic carbocycles. The summed E-state index contributed by atoms with van der Waals surface area (Å²) in [6.07, 6.45) is -3.48. The molecular formula is C16H10F3N3O5. The van der Waals surface area contributed by atoms with Gasteiger partial charge in [0.25, 0.3) is 0 Å². The van der Waals surface area contributed by atoms with Crippen molar-refractivity contribution in [2.24, 2.45) is 0 Å². The highest BCUT2D eigenvalue weighted by atomic mass is 19.4. The van der Waals surface area contributed by atoms with E-state index in [1.54, 1.807) is 0 Å². The van der Waals surface area contributed by atoms with Crippen LogP contribution >= 0.6 is 0 Å². The van der Waals surface area contributed by atoms with Crippen LogP contribution in [0.1, 0.15) is 11.4 Å². The zero-order valence-electron chi connectivity index (χ0n) is 13.5. The van der Waals surface area contributed by atoms with Gasteiger partial charge in [0, 0.05) is 11.6 Å². The second kappa shape index (κ2) is 6.27. The van der Waals surface area contributed by atoms with Crippen molar-refractivity contribution < 1.29 is 32.7 Å². The highest BCUT2D eigenvalue weighted by Gasteiger charge is 2.33. The molecule has 0 spiro atoms. The Balaban J connectivity index is 2.02. The van der Waals surface area contributed by atoms with Crippen LogP contribution < -0.4 is 0 Å². The lowest BCUT2D eigenvalue weighted by Gasteiger charge is -2.08. The number of oxazole rings is 1. The number of alkyl halides is 3. The average Bonchev–Trinajstić information content (AvgIpc) is 3.05. The maximum absolute atomic E-state index is 12.7. The molecule has 0 atom stereocenters. The van der Waals surface area contributed by atoms with Crippen LogP contribution in [0, 0.1) is 17.0 Å². The molecular weight excluding hydrogens is 371 g/mol. The summed E-state index contributed by atoms with van der Waals surface area (Å²) in [7, 11) is 0. The molecule has 0 bridgehead atoms. The van der Waals surface area contributed by atoms with E-state index in [0.717, 1.165) is 30.5 Å². The average molecular weight is 381 g/mol. The predicted molar refractivity (Wildman–Crippen MR) is 84.9 cm³/mol. The minimum absolute atomic E-state index is 0.0257. The van der Waals surface area contributed by atoms with Gasteiger partial charge in [-0.25, -0.2) is 9.97 Å². The van der Waals surface area contributed by atoms with Gasteiger partial charge in [0.2, 0.25) is 11.6 Å². The zero-order chi connectivity index (χ0) is 19.9. The summed E-state index contributed by atoms with van der Waals surface area (Å²) in [5.74, 6) is -1.68. The van der Waals surface area contributed by atoms with Crippen molar-refractivity contribution in [3.8, 4) is 34.2 Å². The lowest BCUT2D eigenvalue weighted by atomic mass is 10.1. The predicted octanol–water partition coefficient (Wildman–Crippen LogP) is 4.05. The van der Waals surface area contributed by atoms with Crippen LogP contribution in [-0.4, -0.2) is 25.1 Å². The molecule has 11 heteroatoms. The van der Waals surface area contributed by atoms with E-state index in [4.69, 9.17) is 4.42 Å². The Morgan fingerprint density at radius 3 is 2.48 bits per heavy atom. The van der Waals surface area contributed by atoms with E-state index in [2.05, 4.69) is 9.97 Å². The highest BCUT2D eigenvalue weighted by Crippen LogP contribution is 2.39. The van der Waals surface area contributed by atoms with Gasteiger partial charge in [0.05, 0.1) is 16.2 Å². The monoisotopic (exact) mass is 381 g/mol. The molecule has 27 heavy (non-hydrogen) atoms. The van der Waals surface area contributed by atoms with Gasteiger partial charge in [-0.1, -0.05) is 0 Å². The van der Waals surface area contributed by atoms with Crippen molar-refractivity contribution >= 4 is 5.69 Å². The minimum atomic E-state index is -4.59. The third-order valence-corrected chi connectivity index (χ3v) is 3.67. The third kappa shape index (κ3) is 3.38. The highest BCUT2D eigenvalue weighted by molar-refractivity contribution is 5.71. The molecule has 140 valence electrons. The number of hydrogen-bond acceptors (Lipinski definition) is 7. The molecule has 0 saturated heterocycles. The Labute approximate surface area is 148 Å². The number of aryl methyl sites for hydroxylation is 1. The number of nitro benzene ring substituents is 1. The minimum Gasteiger partial charge on any atom is -0.504 e. The summed E-state index contributed by atoms with van der Waals surface area (Å²) in [5.41, 5.74) is -1.42. The molecule has 0 aliphatic heterocycles. The Morgan fingerprint density at radius 1 is 1.19 bits per heavy atom. The molecule has 0 fully saturated rings. The third-order valence-electron chi connectivity index (χ3n) is 3.67. The largest absolute Gasteiger partial charge is 0.504 e. The van der Waals surface area contributed by atoms with Crippen LogP contribution in [0.15, 0.2) is 34.9 Å². The first-order valence-electron chi connectivity index (χ1n) is 7.29. The molecule has 0 aliphatic rings. The van der Waals surface area contributed by atoms with Gasteiger partial charge in [0.1, 0.15) is 17.7 Å². The zero-order valence-corrected chi connectivity index (χ0v) is 13.5. The van der Waals surface area contributed by atoms with Crippen molar-refractivity contribution in [3.05, 3.63) is 52.0 Å². The Hall–Kier alpha value is -3.63. The number of aromatic nitrogens is 2. The number of halogens is 3. The molecule has 3 rings (SSSR count). The van der Waals surface area contributed by atoms with Gasteiger partial charge in [-0.3, -0.25) is 10.1 Å². The molecule has 0 saturated carbocycles. The Morgan fingerprint density at radius 2 is 1.89 bits per heavy atom. The molecule has 0 unspecified atom stereocenters. The first-order valence-corrected chi connectivity index (χ1v) is 7.29. The van der Waals surface area contributed by atoms with Crippen molar-refractivity contribution in [3.63, 3.8) is 0 Å².